The number of halogens is 3. The maximum atomic E-state index is 6.18. The Morgan fingerprint density at radius 3 is 1.70 bits per heavy atom. The molecule has 106 valence electrons. The van der Waals surface area contributed by atoms with Gasteiger partial charge in [-0.15, -0.1) is 0 Å². The number of rotatable bonds is 3. The van der Waals surface area contributed by atoms with Crippen molar-refractivity contribution in [3.63, 3.8) is 0 Å². The number of hydrogen-bond acceptors (Lipinski definition) is 1. The van der Waals surface area contributed by atoms with Crippen LogP contribution in [0.3, 0.4) is 0 Å². The van der Waals surface area contributed by atoms with Crippen LogP contribution < -0.4 is 4.74 Å². The van der Waals surface area contributed by atoms with E-state index in [1.54, 1.807) is 7.11 Å². The third-order valence-corrected chi connectivity index (χ3v) is 3.84. The highest BCUT2D eigenvalue weighted by Crippen LogP contribution is 2.45. The zero-order valence-corrected chi connectivity index (χ0v) is 13.5. The summed E-state index contributed by atoms with van der Waals surface area (Å²) in [5, 5.41) is 0. The summed E-state index contributed by atoms with van der Waals surface area (Å²) in [6.45, 7) is 2.03. The molecule has 0 bridgehead atoms. The Morgan fingerprint density at radius 1 is 0.850 bits per heavy atom. The van der Waals surface area contributed by atoms with Gasteiger partial charge in [0.25, 0.3) is 0 Å². The SMILES string of the molecule is COc1ccc([C@H](c2ccc(C)cc2)C(Cl)(Cl)Cl)cc1. The molecule has 1 nitrogen and oxygen atoms in total. The Balaban J connectivity index is 2.44. The van der Waals surface area contributed by atoms with Crippen molar-refractivity contribution in [3.8, 4) is 5.75 Å². The highest BCUT2D eigenvalue weighted by molar-refractivity contribution is 6.68. The van der Waals surface area contributed by atoms with E-state index in [2.05, 4.69) is 0 Å². The van der Waals surface area contributed by atoms with Crippen molar-refractivity contribution in [2.45, 2.75) is 16.6 Å². The van der Waals surface area contributed by atoms with E-state index in [9.17, 15) is 0 Å². The molecule has 20 heavy (non-hydrogen) atoms. The number of ether oxygens (including phenoxy) is 1. The van der Waals surface area contributed by atoms with Crippen molar-refractivity contribution in [3.05, 3.63) is 65.2 Å². The van der Waals surface area contributed by atoms with Crippen molar-refractivity contribution >= 4 is 34.8 Å². The van der Waals surface area contributed by atoms with E-state index in [1.807, 2.05) is 55.5 Å². The first kappa shape index (κ1) is 15.5. The minimum atomic E-state index is -1.41. The van der Waals surface area contributed by atoms with E-state index in [0.29, 0.717) is 0 Å². The monoisotopic (exact) mass is 328 g/mol. The maximum Gasteiger partial charge on any atom is 0.201 e. The van der Waals surface area contributed by atoms with E-state index >= 15 is 0 Å². The van der Waals surface area contributed by atoms with Gasteiger partial charge in [0.1, 0.15) is 5.75 Å². The van der Waals surface area contributed by atoms with Crippen LogP contribution in [-0.4, -0.2) is 10.9 Å². The number of benzene rings is 2. The highest BCUT2D eigenvalue weighted by Gasteiger charge is 2.35. The normalized spacial score (nSPS) is 13.1. The Kier molecular flexibility index (Phi) is 4.85. The molecular formula is C16H15Cl3O. The van der Waals surface area contributed by atoms with Gasteiger partial charge in [-0.25, -0.2) is 0 Å². The van der Waals surface area contributed by atoms with Gasteiger partial charge in [-0.1, -0.05) is 76.8 Å². The lowest BCUT2D eigenvalue weighted by Crippen LogP contribution is -2.18. The van der Waals surface area contributed by atoms with E-state index in [1.165, 1.54) is 5.56 Å². The standard InChI is InChI=1S/C16H15Cl3O/c1-11-3-5-12(6-4-11)15(16(17,18)19)13-7-9-14(20-2)10-8-13/h3-10,15H,1-2H3/t15-/m0/s1. The average molecular weight is 330 g/mol. The van der Waals surface area contributed by atoms with Crippen molar-refractivity contribution in [1.82, 2.24) is 0 Å². The van der Waals surface area contributed by atoms with Crippen molar-refractivity contribution in [2.75, 3.05) is 7.11 Å². The van der Waals surface area contributed by atoms with Crippen molar-refractivity contribution in [2.24, 2.45) is 0 Å². The van der Waals surface area contributed by atoms with Gasteiger partial charge >= 0.3 is 0 Å². The smallest absolute Gasteiger partial charge is 0.201 e. The molecule has 0 saturated heterocycles. The average Bonchev–Trinajstić information content (AvgIpc) is 2.41. The van der Waals surface area contributed by atoms with Gasteiger partial charge in [0.2, 0.25) is 3.79 Å². The van der Waals surface area contributed by atoms with Gasteiger partial charge in [0.15, 0.2) is 0 Å². The second kappa shape index (κ2) is 6.26. The number of alkyl halides is 3. The molecule has 0 aromatic heterocycles. The lowest BCUT2D eigenvalue weighted by Gasteiger charge is -2.25. The van der Waals surface area contributed by atoms with Gasteiger partial charge in [0, 0.05) is 0 Å². The summed E-state index contributed by atoms with van der Waals surface area (Å²) in [5.41, 5.74) is 3.09. The predicted molar refractivity (Wildman–Crippen MR) is 86.3 cm³/mol. The largest absolute Gasteiger partial charge is 0.497 e. The molecule has 0 unspecified atom stereocenters. The topological polar surface area (TPSA) is 9.23 Å². The molecule has 0 saturated carbocycles. The van der Waals surface area contributed by atoms with E-state index < -0.39 is 3.79 Å². The zero-order valence-electron chi connectivity index (χ0n) is 11.2. The van der Waals surface area contributed by atoms with Crippen LogP contribution in [0.25, 0.3) is 0 Å². The molecule has 2 rings (SSSR count). The van der Waals surface area contributed by atoms with Gasteiger partial charge in [-0.2, -0.15) is 0 Å². The second-order valence-electron chi connectivity index (χ2n) is 4.66. The molecule has 2 aromatic rings. The molecule has 0 spiro atoms. The molecule has 0 aliphatic heterocycles. The molecule has 2 aromatic carbocycles. The minimum absolute atomic E-state index is 0.320. The number of methoxy groups -OCH3 is 1. The second-order valence-corrected chi connectivity index (χ2v) is 7.03. The fraction of sp³-hybridized carbons (Fsp3) is 0.250. The summed E-state index contributed by atoms with van der Waals surface area (Å²) in [5.74, 6) is 0.458. The van der Waals surface area contributed by atoms with Crippen LogP contribution in [0.5, 0.6) is 5.75 Å². The Morgan fingerprint density at radius 2 is 1.30 bits per heavy atom. The van der Waals surface area contributed by atoms with Crippen LogP contribution in [0.2, 0.25) is 0 Å². The van der Waals surface area contributed by atoms with Crippen LogP contribution in [-0.2, 0) is 0 Å². The molecule has 0 radical (unpaired) electrons. The first-order valence-electron chi connectivity index (χ1n) is 6.19. The van der Waals surface area contributed by atoms with Crippen LogP contribution in [0, 0.1) is 6.92 Å². The van der Waals surface area contributed by atoms with Gasteiger partial charge in [-0.3, -0.25) is 0 Å². The molecule has 0 amide bonds. The van der Waals surface area contributed by atoms with Crippen molar-refractivity contribution < 1.29 is 4.74 Å². The predicted octanol–water partition coefficient (Wildman–Crippen LogP) is 5.51. The van der Waals surface area contributed by atoms with Crippen LogP contribution in [0.1, 0.15) is 22.6 Å². The summed E-state index contributed by atoms with van der Waals surface area (Å²) in [4.78, 5) is 0. The molecule has 1 atom stereocenters. The summed E-state index contributed by atoms with van der Waals surface area (Å²) >= 11 is 18.5. The molecule has 0 aliphatic rings. The van der Waals surface area contributed by atoms with E-state index in [4.69, 9.17) is 39.5 Å². The molecule has 4 heteroatoms. The minimum Gasteiger partial charge on any atom is -0.497 e. The Bertz CT molecular complexity index is 556. The quantitative estimate of drug-likeness (QED) is 0.675. The molecule has 0 heterocycles. The summed E-state index contributed by atoms with van der Waals surface area (Å²) in [7, 11) is 1.63. The molecular weight excluding hydrogens is 315 g/mol. The highest BCUT2D eigenvalue weighted by atomic mass is 35.6. The zero-order chi connectivity index (χ0) is 14.8. The van der Waals surface area contributed by atoms with E-state index in [0.717, 1.165) is 16.9 Å². The van der Waals surface area contributed by atoms with Gasteiger partial charge < -0.3 is 4.74 Å². The van der Waals surface area contributed by atoms with E-state index in [-0.39, 0.29) is 5.92 Å². The first-order chi connectivity index (χ1) is 9.41. The summed E-state index contributed by atoms with van der Waals surface area (Å²) < 4.78 is 3.74. The van der Waals surface area contributed by atoms with Crippen LogP contribution in [0.15, 0.2) is 48.5 Å². The molecule has 0 fully saturated rings. The maximum absolute atomic E-state index is 6.18. The first-order valence-corrected chi connectivity index (χ1v) is 7.32. The third kappa shape index (κ3) is 3.60. The van der Waals surface area contributed by atoms with Crippen LogP contribution in [0.4, 0.5) is 0 Å². The third-order valence-electron chi connectivity index (χ3n) is 3.19. The summed E-state index contributed by atoms with van der Waals surface area (Å²) in [6.07, 6.45) is 0. The fourth-order valence-electron chi connectivity index (χ4n) is 2.13. The fourth-order valence-corrected chi connectivity index (χ4v) is 2.88. The Hall–Kier alpha value is -0.890. The molecule has 0 aliphatic carbocycles. The van der Waals surface area contributed by atoms with Gasteiger partial charge in [0.05, 0.1) is 13.0 Å². The van der Waals surface area contributed by atoms with Crippen molar-refractivity contribution in [1.29, 1.82) is 0 Å². The Labute approximate surface area is 134 Å². The number of hydrogen-bond donors (Lipinski definition) is 0. The summed E-state index contributed by atoms with van der Waals surface area (Å²) in [6, 6.07) is 15.6. The lowest BCUT2D eigenvalue weighted by molar-refractivity contribution is 0.414. The molecule has 0 N–H and O–H groups in total. The van der Waals surface area contributed by atoms with Crippen LogP contribution >= 0.6 is 34.8 Å². The van der Waals surface area contributed by atoms with Gasteiger partial charge in [-0.05, 0) is 30.2 Å². The number of aryl methyl sites for hydroxylation is 1. The lowest BCUT2D eigenvalue weighted by atomic mass is 9.92.